The largest absolute Gasteiger partial charge is 0.485 e. The molecule has 2 aliphatic rings. The van der Waals surface area contributed by atoms with E-state index in [4.69, 9.17) is 26.1 Å². The maximum Gasteiger partial charge on any atom is 0.288 e. The normalized spacial score (nSPS) is 18.9. The summed E-state index contributed by atoms with van der Waals surface area (Å²) in [6.45, 7) is 9.13. The monoisotopic (exact) mass is 438 g/mol. The van der Waals surface area contributed by atoms with Crippen LogP contribution in [0.1, 0.15) is 23.1 Å². The summed E-state index contributed by atoms with van der Waals surface area (Å²) in [6.07, 6.45) is -0.404. The lowest BCUT2D eigenvalue weighted by atomic mass is 10.1. The lowest BCUT2D eigenvalue weighted by molar-refractivity contribution is 0.0706. The number of aromatic nitrogens is 2. The first-order chi connectivity index (χ1) is 15.1. The van der Waals surface area contributed by atoms with E-state index in [9.17, 15) is 0 Å². The number of hydrogen-bond acceptors (Lipinski definition) is 7. The minimum atomic E-state index is -0.404. The van der Waals surface area contributed by atoms with Crippen LogP contribution in [0.25, 0.3) is 0 Å². The summed E-state index contributed by atoms with van der Waals surface area (Å²) in [5.41, 5.74) is 4.02. The number of nitrogens with zero attached hydrogens (tertiary/aromatic N) is 4. The van der Waals surface area contributed by atoms with Gasteiger partial charge in [0.05, 0.1) is 6.67 Å². The van der Waals surface area contributed by atoms with Gasteiger partial charge in [0.15, 0.2) is 11.5 Å². The van der Waals surface area contributed by atoms with Crippen LogP contribution in [0.5, 0.6) is 11.5 Å². The smallest absolute Gasteiger partial charge is 0.288 e. The molecule has 0 amide bonds. The zero-order valence-electron chi connectivity index (χ0n) is 17.8. The SMILES string of the molecule is Cc1cccc(N2CCN(Cn3nc([C@H]4COc5ccccc5O4)oc3=S)CC2)c1C. The third-order valence-corrected chi connectivity index (χ3v) is 6.32. The first-order valence-corrected chi connectivity index (χ1v) is 11.0. The van der Waals surface area contributed by atoms with Crippen LogP contribution in [0.2, 0.25) is 0 Å². The topological polar surface area (TPSA) is 55.9 Å². The summed E-state index contributed by atoms with van der Waals surface area (Å²) in [5, 5.41) is 4.59. The molecule has 2 aliphatic heterocycles. The van der Waals surface area contributed by atoms with Crippen LogP contribution < -0.4 is 14.4 Å². The fourth-order valence-corrected chi connectivity index (χ4v) is 4.26. The minimum Gasteiger partial charge on any atom is -0.485 e. The standard InChI is InChI=1S/C23H26N4O3S/c1-16-6-5-7-18(17(16)2)26-12-10-25(11-13-26)15-27-23(31)30-22(24-27)21-14-28-19-8-3-4-9-20(19)29-21/h3-9,21H,10-15H2,1-2H3/t21-/m1/s1. The van der Waals surface area contributed by atoms with Crippen molar-refractivity contribution in [3.8, 4) is 11.5 Å². The van der Waals surface area contributed by atoms with Gasteiger partial charge in [-0.15, -0.1) is 5.10 Å². The van der Waals surface area contributed by atoms with Crippen molar-refractivity contribution >= 4 is 17.9 Å². The zero-order valence-corrected chi connectivity index (χ0v) is 18.6. The van der Waals surface area contributed by atoms with Crippen LogP contribution >= 0.6 is 12.2 Å². The molecule has 31 heavy (non-hydrogen) atoms. The van der Waals surface area contributed by atoms with E-state index in [2.05, 4.69) is 46.9 Å². The Balaban J connectivity index is 1.23. The predicted molar refractivity (Wildman–Crippen MR) is 120 cm³/mol. The van der Waals surface area contributed by atoms with E-state index < -0.39 is 6.10 Å². The Morgan fingerprint density at radius 3 is 2.58 bits per heavy atom. The molecule has 5 rings (SSSR count). The molecular weight excluding hydrogens is 412 g/mol. The van der Waals surface area contributed by atoms with E-state index in [1.165, 1.54) is 16.8 Å². The van der Waals surface area contributed by atoms with Crippen molar-refractivity contribution in [3.63, 3.8) is 0 Å². The van der Waals surface area contributed by atoms with Crippen molar-refractivity contribution in [1.29, 1.82) is 0 Å². The highest BCUT2D eigenvalue weighted by molar-refractivity contribution is 7.71. The van der Waals surface area contributed by atoms with E-state index in [1.807, 2.05) is 24.3 Å². The molecule has 1 saturated heterocycles. The summed E-state index contributed by atoms with van der Waals surface area (Å²) in [7, 11) is 0. The van der Waals surface area contributed by atoms with Gasteiger partial charge in [-0.1, -0.05) is 24.3 Å². The van der Waals surface area contributed by atoms with Crippen molar-refractivity contribution in [2.45, 2.75) is 26.6 Å². The number of benzene rings is 2. The predicted octanol–water partition coefficient (Wildman–Crippen LogP) is 4.11. The molecule has 0 spiro atoms. The first kappa shape index (κ1) is 20.1. The van der Waals surface area contributed by atoms with Gasteiger partial charge in [0.25, 0.3) is 10.7 Å². The van der Waals surface area contributed by atoms with Crippen molar-refractivity contribution in [2.75, 3.05) is 37.7 Å². The molecule has 8 heteroatoms. The van der Waals surface area contributed by atoms with Gasteiger partial charge in [0, 0.05) is 31.9 Å². The maximum absolute atomic E-state index is 6.00. The summed E-state index contributed by atoms with van der Waals surface area (Å²) in [5.74, 6) is 1.88. The fraction of sp³-hybridized carbons (Fsp3) is 0.391. The molecule has 1 aromatic heterocycles. The van der Waals surface area contributed by atoms with Gasteiger partial charge in [-0.05, 0) is 55.4 Å². The van der Waals surface area contributed by atoms with Crippen LogP contribution in [-0.4, -0.2) is 47.5 Å². The summed E-state index contributed by atoms with van der Waals surface area (Å²) >= 11 is 5.42. The highest BCUT2D eigenvalue weighted by atomic mass is 32.1. The van der Waals surface area contributed by atoms with Crippen molar-refractivity contribution in [2.24, 2.45) is 0 Å². The van der Waals surface area contributed by atoms with Crippen molar-refractivity contribution in [1.82, 2.24) is 14.7 Å². The van der Waals surface area contributed by atoms with Gasteiger partial charge in [0.2, 0.25) is 6.10 Å². The van der Waals surface area contributed by atoms with Gasteiger partial charge in [-0.3, -0.25) is 4.90 Å². The van der Waals surface area contributed by atoms with Gasteiger partial charge < -0.3 is 18.8 Å². The van der Waals surface area contributed by atoms with E-state index in [0.717, 1.165) is 31.9 Å². The third kappa shape index (κ3) is 4.05. The molecule has 7 nitrogen and oxygen atoms in total. The van der Waals surface area contributed by atoms with Crippen LogP contribution in [0.3, 0.4) is 0 Å². The number of piperazine rings is 1. The molecule has 0 bridgehead atoms. The highest BCUT2D eigenvalue weighted by Crippen LogP contribution is 2.35. The van der Waals surface area contributed by atoms with Crippen LogP contribution in [0.15, 0.2) is 46.9 Å². The number of aryl methyl sites for hydroxylation is 1. The number of hydrogen-bond donors (Lipinski definition) is 0. The number of ether oxygens (including phenoxy) is 2. The molecule has 0 aliphatic carbocycles. The Bertz CT molecular complexity index is 1130. The van der Waals surface area contributed by atoms with E-state index in [0.29, 0.717) is 29.8 Å². The lowest BCUT2D eigenvalue weighted by Gasteiger charge is -2.36. The summed E-state index contributed by atoms with van der Waals surface area (Å²) < 4.78 is 19.3. The number of anilines is 1. The first-order valence-electron chi connectivity index (χ1n) is 10.6. The fourth-order valence-electron chi connectivity index (χ4n) is 4.08. The van der Waals surface area contributed by atoms with Crippen LogP contribution in [-0.2, 0) is 6.67 Å². The Labute approximate surface area is 186 Å². The van der Waals surface area contributed by atoms with Crippen LogP contribution in [0.4, 0.5) is 5.69 Å². The quantitative estimate of drug-likeness (QED) is 0.568. The van der Waals surface area contributed by atoms with E-state index in [1.54, 1.807) is 4.68 Å². The molecule has 162 valence electrons. The second-order valence-corrected chi connectivity index (χ2v) is 8.38. The second kappa shape index (κ2) is 8.36. The highest BCUT2D eigenvalue weighted by Gasteiger charge is 2.28. The molecule has 0 saturated carbocycles. The summed E-state index contributed by atoms with van der Waals surface area (Å²) in [4.78, 5) is 5.16. The average Bonchev–Trinajstić information content (AvgIpc) is 3.16. The molecule has 1 fully saturated rings. The maximum atomic E-state index is 6.00. The molecule has 1 atom stereocenters. The Morgan fingerprint density at radius 2 is 1.77 bits per heavy atom. The third-order valence-electron chi connectivity index (χ3n) is 6.03. The molecule has 0 unspecified atom stereocenters. The number of rotatable bonds is 4. The van der Waals surface area contributed by atoms with E-state index in [-0.39, 0.29) is 0 Å². The van der Waals surface area contributed by atoms with E-state index >= 15 is 0 Å². The second-order valence-electron chi connectivity index (χ2n) is 8.04. The zero-order chi connectivity index (χ0) is 21.4. The molecule has 2 aromatic carbocycles. The molecular formula is C23H26N4O3S. The van der Waals surface area contributed by atoms with Gasteiger partial charge in [-0.2, -0.15) is 0 Å². The Kier molecular flexibility index (Phi) is 5.41. The number of fused-ring (bicyclic) bond motifs is 1. The van der Waals surface area contributed by atoms with Gasteiger partial charge in [0.1, 0.15) is 6.61 Å². The molecule has 0 radical (unpaired) electrons. The Hall–Kier alpha value is -2.84. The average molecular weight is 439 g/mol. The number of para-hydroxylation sites is 2. The van der Waals surface area contributed by atoms with Crippen LogP contribution in [0, 0.1) is 18.7 Å². The minimum absolute atomic E-state index is 0.348. The lowest BCUT2D eigenvalue weighted by Crippen LogP contribution is -2.47. The molecule has 3 heterocycles. The summed E-state index contributed by atoms with van der Waals surface area (Å²) in [6, 6.07) is 14.1. The van der Waals surface area contributed by atoms with Gasteiger partial charge >= 0.3 is 0 Å². The van der Waals surface area contributed by atoms with Crippen molar-refractivity contribution in [3.05, 3.63) is 64.3 Å². The van der Waals surface area contributed by atoms with Gasteiger partial charge in [-0.25, -0.2) is 4.68 Å². The van der Waals surface area contributed by atoms with Crippen molar-refractivity contribution < 1.29 is 13.9 Å². The molecule has 3 aromatic rings. The molecule has 0 N–H and O–H groups in total. The Morgan fingerprint density at radius 1 is 1.00 bits per heavy atom.